The maximum atomic E-state index is 12.4. The number of rotatable bonds is 3. The molecule has 0 aliphatic heterocycles. The lowest BCUT2D eigenvalue weighted by Gasteiger charge is -2.56. The fourth-order valence-electron chi connectivity index (χ4n) is 5.51. The quantitative estimate of drug-likeness (QED) is 0.836. The van der Waals surface area contributed by atoms with Gasteiger partial charge in [-0.3, -0.25) is 4.79 Å². The van der Waals surface area contributed by atoms with Gasteiger partial charge < -0.3 is 5.32 Å². The first-order valence-corrected chi connectivity index (χ1v) is 8.67. The van der Waals surface area contributed by atoms with Gasteiger partial charge in [0.15, 0.2) is 0 Å². The number of carbonyl (C=O) groups excluding carboxylic acids is 1. The van der Waals surface area contributed by atoms with Crippen molar-refractivity contribution >= 4 is 12.0 Å². The van der Waals surface area contributed by atoms with Gasteiger partial charge in [0.05, 0.1) is 0 Å². The smallest absolute Gasteiger partial charge is 0.244 e. The lowest BCUT2D eigenvalue weighted by atomic mass is 9.53. The van der Waals surface area contributed by atoms with Crippen LogP contribution < -0.4 is 5.32 Å². The summed E-state index contributed by atoms with van der Waals surface area (Å²) in [4.78, 5) is 12.4. The minimum atomic E-state index is 0.0865. The monoisotopic (exact) mass is 295 g/mol. The molecule has 1 N–H and O–H groups in total. The highest BCUT2D eigenvalue weighted by Gasteiger charge is 2.51. The van der Waals surface area contributed by atoms with E-state index in [1.54, 1.807) is 6.08 Å². The fraction of sp³-hybridized carbons (Fsp3) is 0.550. The number of amides is 1. The van der Waals surface area contributed by atoms with Crippen LogP contribution in [-0.4, -0.2) is 11.4 Å². The summed E-state index contributed by atoms with van der Waals surface area (Å²) in [5, 5.41) is 3.38. The zero-order valence-corrected chi connectivity index (χ0v) is 13.3. The Morgan fingerprint density at radius 3 is 2.36 bits per heavy atom. The number of hydrogen-bond acceptors (Lipinski definition) is 1. The highest BCUT2D eigenvalue weighted by molar-refractivity contribution is 5.92. The Kier molecular flexibility index (Phi) is 3.36. The molecule has 4 saturated carbocycles. The summed E-state index contributed by atoms with van der Waals surface area (Å²) in [5.74, 6) is 2.69. The van der Waals surface area contributed by atoms with Crippen LogP contribution >= 0.6 is 0 Å². The minimum absolute atomic E-state index is 0.0865. The zero-order valence-electron chi connectivity index (χ0n) is 13.3. The van der Waals surface area contributed by atoms with Crippen molar-refractivity contribution in [1.82, 2.24) is 5.32 Å². The molecule has 22 heavy (non-hydrogen) atoms. The Morgan fingerprint density at radius 2 is 1.77 bits per heavy atom. The van der Waals surface area contributed by atoms with Crippen LogP contribution in [-0.2, 0) is 4.79 Å². The summed E-state index contributed by atoms with van der Waals surface area (Å²) >= 11 is 0. The Balaban J connectivity index is 1.44. The molecule has 4 fully saturated rings. The van der Waals surface area contributed by atoms with Crippen molar-refractivity contribution in [3.8, 4) is 0 Å². The van der Waals surface area contributed by atoms with Gasteiger partial charge in [-0.25, -0.2) is 0 Å². The van der Waals surface area contributed by atoms with E-state index in [1.165, 1.54) is 44.1 Å². The summed E-state index contributed by atoms with van der Waals surface area (Å²) in [6.45, 7) is 2.08. The van der Waals surface area contributed by atoms with Crippen molar-refractivity contribution in [3.05, 3.63) is 41.5 Å². The molecule has 1 aromatic carbocycles. The minimum Gasteiger partial charge on any atom is -0.347 e. The van der Waals surface area contributed by atoms with E-state index in [4.69, 9.17) is 0 Å². The molecular formula is C20H25NO. The van der Waals surface area contributed by atoms with Crippen LogP contribution in [0.1, 0.15) is 49.7 Å². The van der Waals surface area contributed by atoms with Crippen LogP contribution in [0.15, 0.2) is 30.3 Å². The second kappa shape index (κ2) is 5.26. The average Bonchev–Trinajstić information content (AvgIpc) is 2.43. The van der Waals surface area contributed by atoms with Gasteiger partial charge >= 0.3 is 0 Å². The Bertz CT molecular complexity index is 581. The van der Waals surface area contributed by atoms with Gasteiger partial charge in [-0.15, -0.1) is 0 Å². The molecule has 0 atom stereocenters. The van der Waals surface area contributed by atoms with E-state index in [0.29, 0.717) is 0 Å². The number of nitrogens with one attached hydrogen (secondary N) is 1. The molecule has 4 aliphatic rings. The average molecular weight is 295 g/mol. The molecule has 116 valence electrons. The third-order valence-electron chi connectivity index (χ3n) is 5.90. The second-order valence-corrected chi connectivity index (χ2v) is 7.93. The standard InChI is InChI=1S/C20H25NO/c1-14-3-2-4-15(7-14)5-6-19(22)21-20-11-16-8-17(12-20)10-18(9-16)13-20/h2-7,16-18H,8-13H2,1H3,(H,21,22)/b6-5+. The SMILES string of the molecule is Cc1cccc(/C=C/C(=O)NC23CC4CC(CC(C4)C2)C3)c1. The highest BCUT2D eigenvalue weighted by Crippen LogP contribution is 2.55. The summed E-state index contributed by atoms with van der Waals surface area (Å²) in [5.41, 5.74) is 2.44. The lowest BCUT2D eigenvalue weighted by Crippen LogP contribution is -2.59. The molecule has 0 radical (unpaired) electrons. The molecule has 0 unspecified atom stereocenters. The Morgan fingerprint density at radius 1 is 1.14 bits per heavy atom. The van der Waals surface area contributed by atoms with Gasteiger partial charge in [0.1, 0.15) is 0 Å². The third kappa shape index (κ3) is 2.71. The highest BCUT2D eigenvalue weighted by atomic mass is 16.1. The van der Waals surface area contributed by atoms with Crippen LogP contribution in [0.25, 0.3) is 6.08 Å². The van der Waals surface area contributed by atoms with Gasteiger partial charge in [0.25, 0.3) is 0 Å². The van der Waals surface area contributed by atoms with Crippen LogP contribution in [0.3, 0.4) is 0 Å². The molecule has 1 amide bonds. The molecule has 2 heteroatoms. The summed E-state index contributed by atoms with van der Waals surface area (Å²) in [6, 6.07) is 8.26. The first-order valence-electron chi connectivity index (χ1n) is 8.67. The Hall–Kier alpha value is -1.57. The molecule has 0 heterocycles. The van der Waals surface area contributed by atoms with Crippen molar-refractivity contribution in [2.45, 2.75) is 51.0 Å². The van der Waals surface area contributed by atoms with E-state index in [0.717, 1.165) is 23.3 Å². The van der Waals surface area contributed by atoms with Crippen molar-refractivity contribution < 1.29 is 4.79 Å². The molecule has 4 aliphatic carbocycles. The van der Waals surface area contributed by atoms with Crippen molar-refractivity contribution in [2.75, 3.05) is 0 Å². The van der Waals surface area contributed by atoms with Gasteiger partial charge in [-0.2, -0.15) is 0 Å². The van der Waals surface area contributed by atoms with Gasteiger partial charge in [-0.1, -0.05) is 29.8 Å². The topological polar surface area (TPSA) is 29.1 Å². The number of aryl methyl sites for hydroxylation is 1. The number of benzene rings is 1. The molecular weight excluding hydrogens is 270 g/mol. The van der Waals surface area contributed by atoms with E-state index in [-0.39, 0.29) is 11.4 Å². The van der Waals surface area contributed by atoms with Gasteiger partial charge in [0.2, 0.25) is 5.91 Å². The molecule has 2 nitrogen and oxygen atoms in total. The van der Waals surface area contributed by atoms with Crippen molar-refractivity contribution in [2.24, 2.45) is 17.8 Å². The van der Waals surface area contributed by atoms with Crippen LogP contribution in [0.4, 0.5) is 0 Å². The first kappa shape index (κ1) is 14.0. The molecule has 1 aromatic rings. The molecule has 0 saturated heterocycles. The second-order valence-electron chi connectivity index (χ2n) is 7.93. The fourth-order valence-corrected chi connectivity index (χ4v) is 5.51. The van der Waals surface area contributed by atoms with Crippen LogP contribution in [0.2, 0.25) is 0 Å². The molecule has 5 rings (SSSR count). The van der Waals surface area contributed by atoms with Gasteiger partial charge in [0, 0.05) is 11.6 Å². The maximum Gasteiger partial charge on any atom is 0.244 e. The molecule has 0 spiro atoms. The summed E-state index contributed by atoms with van der Waals surface area (Å²) < 4.78 is 0. The van der Waals surface area contributed by atoms with E-state index < -0.39 is 0 Å². The maximum absolute atomic E-state index is 12.4. The van der Waals surface area contributed by atoms with Crippen LogP contribution in [0.5, 0.6) is 0 Å². The lowest BCUT2D eigenvalue weighted by molar-refractivity contribution is -0.122. The van der Waals surface area contributed by atoms with Gasteiger partial charge in [-0.05, 0) is 74.8 Å². The summed E-state index contributed by atoms with van der Waals surface area (Å²) in [7, 11) is 0. The number of hydrogen-bond donors (Lipinski definition) is 1. The van der Waals surface area contributed by atoms with Crippen LogP contribution in [0, 0.1) is 24.7 Å². The predicted octanol–water partition coefficient (Wildman–Crippen LogP) is 4.09. The number of carbonyl (C=O) groups is 1. The first-order chi connectivity index (χ1) is 10.6. The third-order valence-corrected chi connectivity index (χ3v) is 5.90. The summed E-state index contributed by atoms with van der Waals surface area (Å²) in [6.07, 6.45) is 11.5. The van der Waals surface area contributed by atoms with E-state index in [1.807, 2.05) is 18.2 Å². The molecule has 0 aromatic heterocycles. The Labute approximate surface area is 133 Å². The van der Waals surface area contributed by atoms with E-state index >= 15 is 0 Å². The normalized spacial score (nSPS) is 36.0. The van der Waals surface area contributed by atoms with Crippen molar-refractivity contribution in [3.63, 3.8) is 0 Å². The van der Waals surface area contributed by atoms with E-state index in [9.17, 15) is 4.79 Å². The molecule has 4 bridgehead atoms. The zero-order chi connectivity index (χ0) is 15.2. The van der Waals surface area contributed by atoms with E-state index in [2.05, 4.69) is 24.4 Å². The van der Waals surface area contributed by atoms with Crippen molar-refractivity contribution in [1.29, 1.82) is 0 Å². The predicted molar refractivity (Wildman–Crippen MR) is 89.3 cm³/mol. The largest absolute Gasteiger partial charge is 0.347 e.